The molecule has 0 aromatic rings. The highest BCUT2D eigenvalue weighted by atomic mass is 16.6. The molecule has 1 saturated heterocycles. The summed E-state index contributed by atoms with van der Waals surface area (Å²) >= 11 is 0. The largest absolute Gasteiger partial charge is 0.480 e. The second-order valence-electron chi connectivity index (χ2n) is 8.53. The number of hydrogen-bond donors (Lipinski definition) is 2. The zero-order valence-electron chi connectivity index (χ0n) is 15.7. The highest BCUT2D eigenvalue weighted by Crippen LogP contribution is 2.29. The Morgan fingerprint density at radius 1 is 1.17 bits per heavy atom. The third-order valence-corrected chi connectivity index (χ3v) is 4.01. The topological polar surface area (TPSA) is 95.9 Å². The van der Waals surface area contributed by atoms with Gasteiger partial charge in [0.2, 0.25) is 5.91 Å². The Kier molecular flexibility index (Phi) is 5.90. The van der Waals surface area contributed by atoms with E-state index >= 15 is 0 Å². The lowest BCUT2D eigenvalue weighted by Gasteiger charge is -2.35. The Bertz CT molecular complexity index is 504. The molecule has 1 rings (SSSR count). The van der Waals surface area contributed by atoms with Crippen LogP contribution in [0.4, 0.5) is 4.79 Å². The van der Waals surface area contributed by atoms with Crippen LogP contribution in [-0.4, -0.2) is 52.2 Å². The van der Waals surface area contributed by atoms with E-state index in [1.165, 1.54) is 4.90 Å². The molecular weight excluding hydrogens is 312 g/mol. The molecule has 3 atom stereocenters. The number of carbonyl (C=O) groups excluding carboxylic acids is 2. The van der Waals surface area contributed by atoms with Gasteiger partial charge in [0.25, 0.3) is 0 Å². The van der Waals surface area contributed by atoms with E-state index in [2.05, 4.69) is 5.32 Å². The van der Waals surface area contributed by atoms with Crippen molar-refractivity contribution in [3.63, 3.8) is 0 Å². The van der Waals surface area contributed by atoms with E-state index in [4.69, 9.17) is 4.74 Å². The van der Waals surface area contributed by atoms with Crippen LogP contribution in [0.25, 0.3) is 0 Å². The van der Waals surface area contributed by atoms with E-state index < -0.39 is 35.2 Å². The third kappa shape index (κ3) is 5.11. The van der Waals surface area contributed by atoms with Crippen LogP contribution in [0.3, 0.4) is 0 Å². The minimum Gasteiger partial charge on any atom is -0.480 e. The Morgan fingerprint density at radius 3 is 2.12 bits per heavy atom. The second-order valence-corrected chi connectivity index (χ2v) is 8.53. The van der Waals surface area contributed by atoms with Gasteiger partial charge in [-0.05, 0) is 38.5 Å². The van der Waals surface area contributed by atoms with Gasteiger partial charge in [-0.1, -0.05) is 27.7 Å². The molecule has 0 aliphatic carbocycles. The molecule has 2 N–H and O–H groups in total. The molecule has 24 heavy (non-hydrogen) atoms. The van der Waals surface area contributed by atoms with Crippen LogP contribution < -0.4 is 5.32 Å². The number of alkyl carbamates (subject to hydrolysis) is 1. The molecule has 7 heteroatoms. The highest BCUT2D eigenvalue weighted by molar-refractivity contribution is 5.90. The lowest BCUT2D eigenvalue weighted by atomic mass is 9.85. The first kappa shape index (κ1) is 20.3. The molecule has 1 heterocycles. The number of nitrogens with zero attached hydrogens (tertiary/aromatic N) is 1. The van der Waals surface area contributed by atoms with Gasteiger partial charge in [-0.3, -0.25) is 4.79 Å². The average Bonchev–Trinajstić information content (AvgIpc) is 2.73. The van der Waals surface area contributed by atoms with Crippen molar-refractivity contribution in [1.82, 2.24) is 10.2 Å². The fraction of sp³-hybridized carbons (Fsp3) is 0.824. The predicted octanol–water partition coefficient (Wildman–Crippen LogP) is 2.25. The normalized spacial score (nSPS) is 22.9. The number of hydrogen-bond acceptors (Lipinski definition) is 4. The molecule has 1 unspecified atom stereocenters. The van der Waals surface area contributed by atoms with E-state index in [1.54, 1.807) is 20.8 Å². The summed E-state index contributed by atoms with van der Waals surface area (Å²) in [6.45, 7) is 12.9. The molecular formula is C17H30N2O5. The SMILES string of the molecule is C[C@H]1CCN(C(=O)[C@@H](NC(=O)OC(C)(C)C)C(C)(C)C)C1C(=O)O. The lowest BCUT2D eigenvalue weighted by molar-refractivity contribution is -0.151. The summed E-state index contributed by atoms with van der Waals surface area (Å²) in [5.74, 6) is -1.52. The summed E-state index contributed by atoms with van der Waals surface area (Å²) < 4.78 is 5.23. The maximum atomic E-state index is 12.9. The van der Waals surface area contributed by atoms with Crippen LogP contribution >= 0.6 is 0 Å². The molecule has 1 aliphatic rings. The number of likely N-dealkylation sites (tertiary alicyclic amines) is 1. The number of ether oxygens (including phenoxy) is 1. The molecule has 0 aromatic heterocycles. The highest BCUT2D eigenvalue weighted by Gasteiger charge is 2.45. The molecule has 0 radical (unpaired) electrons. The van der Waals surface area contributed by atoms with E-state index in [0.29, 0.717) is 13.0 Å². The lowest BCUT2D eigenvalue weighted by Crippen LogP contribution is -2.57. The zero-order chi connectivity index (χ0) is 18.9. The van der Waals surface area contributed by atoms with Gasteiger partial charge in [0.15, 0.2) is 0 Å². The van der Waals surface area contributed by atoms with E-state index in [9.17, 15) is 19.5 Å². The first-order chi connectivity index (χ1) is 10.7. The first-order valence-electron chi connectivity index (χ1n) is 8.27. The Labute approximate surface area is 143 Å². The van der Waals surface area contributed by atoms with Crippen molar-refractivity contribution in [2.75, 3.05) is 6.54 Å². The van der Waals surface area contributed by atoms with Gasteiger partial charge in [0, 0.05) is 6.54 Å². The van der Waals surface area contributed by atoms with Crippen molar-refractivity contribution in [2.24, 2.45) is 11.3 Å². The molecule has 7 nitrogen and oxygen atoms in total. The molecule has 0 aromatic carbocycles. The quantitative estimate of drug-likeness (QED) is 0.820. The number of aliphatic carboxylic acids is 1. The van der Waals surface area contributed by atoms with Gasteiger partial charge in [0.05, 0.1) is 0 Å². The van der Waals surface area contributed by atoms with Crippen molar-refractivity contribution >= 4 is 18.0 Å². The van der Waals surface area contributed by atoms with Crippen molar-refractivity contribution in [3.05, 3.63) is 0 Å². The van der Waals surface area contributed by atoms with Crippen LogP contribution in [0.5, 0.6) is 0 Å². The van der Waals surface area contributed by atoms with E-state index in [-0.39, 0.29) is 11.8 Å². The van der Waals surface area contributed by atoms with Crippen molar-refractivity contribution in [3.8, 4) is 0 Å². The summed E-state index contributed by atoms with van der Waals surface area (Å²) in [4.78, 5) is 37.9. The molecule has 0 spiro atoms. The standard InChI is InChI=1S/C17H30N2O5/c1-10-8-9-19(11(10)14(21)22)13(20)12(16(2,3)4)18-15(23)24-17(5,6)7/h10-12H,8-9H2,1-7H3,(H,18,23)(H,21,22)/t10-,11?,12+/m0/s1. The average molecular weight is 342 g/mol. The molecule has 1 aliphatic heterocycles. The van der Waals surface area contributed by atoms with Crippen LogP contribution in [0.1, 0.15) is 54.9 Å². The van der Waals surface area contributed by atoms with Gasteiger partial charge < -0.3 is 20.1 Å². The number of nitrogens with one attached hydrogen (secondary N) is 1. The van der Waals surface area contributed by atoms with Gasteiger partial charge in [-0.15, -0.1) is 0 Å². The van der Waals surface area contributed by atoms with Crippen LogP contribution in [0.15, 0.2) is 0 Å². The fourth-order valence-electron chi connectivity index (χ4n) is 2.81. The van der Waals surface area contributed by atoms with Crippen molar-refractivity contribution < 1.29 is 24.2 Å². The summed E-state index contributed by atoms with van der Waals surface area (Å²) in [5, 5.41) is 12.0. The minimum atomic E-state index is -1.02. The van der Waals surface area contributed by atoms with Crippen molar-refractivity contribution in [1.29, 1.82) is 0 Å². The van der Waals surface area contributed by atoms with E-state index in [0.717, 1.165) is 0 Å². The van der Waals surface area contributed by atoms with Gasteiger partial charge in [-0.25, -0.2) is 9.59 Å². The fourth-order valence-corrected chi connectivity index (χ4v) is 2.81. The van der Waals surface area contributed by atoms with Crippen LogP contribution in [-0.2, 0) is 14.3 Å². The smallest absolute Gasteiger partial charge is 0.408 e. The summed E-state index contributed by atoms with van der Waals surface area (Å²) in [6, 6.07) is -1.72. The summed E-state index contributed by atoms with van der Waals surface area (Å²) in [5.41, 5.74) is -1.26. The van der Waals surface area contributed by atoms with Crippen LogP contribution in [0.2, 0.25) is 0 Å². The van der Waals surface area contributed by atoms with Crippen LogP contribution in [0, 0.1) is 11.3 Å². The van der Waals surface area contributed by atoms with Gasteiger partial charge >= 0.3 is 12.1 Å². The summed E-state index contributed by atoms with van der Waals surface area (Å²) in [6.07, 6.45) is -0.0543. The molecule has 138 valence electrons. The number of carboxylic acid groups (broad SMARTS) is 1. The molecule has 2 amide bonds. The maximum absolute atomic E-state index is 12.9. The second kappa shape index (κ2) is 6.99. The number of amides is 2. The predicted molar refractivity (Wildman–Crippen MR) is 89.5 cm³/mol. The first-order valence-corrected chi connectivity index (χ1v) is 8.27. The molecule has 1 fully saturated rings. The summed E-state index contributed by atoms with van der Waals surface area (Å²) in [7, 11) is 0. The van der Waals surface area contributed by atoms with Gasteiger partial charge in [-0.2, -0.15) is 0 Å². The Hall–Kier alpha value is -1.79. The number of rotatable bonds is 3. The van der Waals surface area contributed by atoms with E-state index in [1.807, 2.05) is 27.7 Å². The number of carbonyl (C=O) groups is 3. The van der Waals surface area contributed by atoms with Gasteiger partial charge in [0.1, 0.15) is 17.7 Å². The van der Waals surface area contributed by atoms with Crippen molar-refractivity contribution in [2.45, 2.75) is 72.6 Å². The minimum absolute atomic E-state index is 0.117. The monoisotopic (exact) mass is 342 g/mol. The molecule has 0 bridgehead atoms. The zero-order valence-corrected chi connectivity index (χ0v) is 15.7. The molecule has 0 saturated carbocycles. The number of carboxylic acids is 1. The Morgan fingerprint density at radius 2 is 1.71 bits per heavy atom. The maximum Gasteiger partial charge on any atom is 0.408 e. The Balaban J connectivity index is 2.98. The third-order valence-electron chi connectivity index (χ3n) is 4.01.